The topological polar surface area (TPSA) is 73.2 Å². The van der Waals surface area contributed by atoms with Gasteiger partial charge in [-0.3, -0.25) is 4.57 Å². The minimum absolute atomic E-state index is 0.0492. The molecule has 0 aliphatic carbocycles. The number of fused-ring (bicyclic) bond motifs is 1. The van der Waals surface area contributed by atoms with Gasteiger partial charge in [-0.1, -0.05) is 19.4 Å². The molecule has 1 heterocycles. The molecule has 2 aromatic rings. The van der Waals surface area contributed by atoms with Gasteiger partial charge in [0.1, 0.15) is 0 Å². The van der Waals surface area contributed by atoms with Gasteiger partial charge in [0.05, 0.1) is 5.52 Å². The first-order valence-corrected chi connectivity index (χ1v) is 6.58. The fraction of sp³-hybridized carbons (Fsp3) is 0.500. The Morgan fingerprint density at radius 1 is 1.47 bits per heavy atom. The van der Waals surface area contributed by atoms with Crippen LogP contribution in [0.15, 0.2) is 27.4 Å². The third-order valence-electron chi connectivity index (χ3n) is 3.70. The maximum atomic E-state index is 11.5. The van der Waals surface area contributed by atoms with E-state index in [1.54, 1.807) is 7.05 Å². The van der Waals surface area contributed by atoms with Crippen molar-refractivity contribution in [2.24, 2.45) is 18.7 Å². The molecule has 2 rings (SSSR count). The SMILES string of the molecule is CCC(CNC)C(N)c1ccc2oc(=O)n(C)c2c1. The summed E-state index contributed by atoms with van der Waals surface area (Å²) in [7, 11) is 3.63. The Labute approximate surface area is 112 Å². The third-order valence-corrected chi connectivity index (χ3v) is 3.70. The van der Waals surface area contributed by atoms with Crippen molar-refractivity contribution in [3.8, 4) is 0 Å². The molecule has 0 amide bonds. The molecule has 1 aromatic heterocycles. The van der Waals surface area contributed by atoms with E-state index >= 15 is 0 Å². The van der Waals surface area contributed by atoms with Gasteiger partial charge in [-0.05, 0) is 37.2 Å². The van der Waals surface area contributed by atoms with Crippen molar-refractivity contribution in [1.82, 2.24) is 9.88 Å². The largest absolute Gasteiger partial charge is 0.419 e. The molecule has 2 unspecified atom stereocenters. The average Bonchev–Trinajstić information content (AvgIpc) is 2.70. The van der Waals surface area contributed by atoms with E-state index < -0.39 is 0 Å². The number of hydrogen-bond acceptors (Lipinski definition) is 4. The molecule has 0 aliphatic heterocycles. The molecular formula is C14H21N3O2. The van der Waals surface area contributed by atoms with E-state index in [1.807, 2.05) is 25.2 Å². The molecule has 0 spiro atoms. The molecule has 2 atom stereocenters. The second kappa shape index (κ2) is 5.59. The zero-order valence-corrected chi connectivity index (χ0v) is 11.6. The summed E-state index contributed by atoms with van der Waals surface area (Å²) in [6, 6.07) is 5.65. The molecule has 5 heteroatoms. The molecule has 0 saturated heterocycles. The van der Waals surface area contributed by atoms with Crippen molar-refractivity contribution >= 4 is 11.1 Å². The van der Waals surface area contributed by atoms with Gasteiger partial charge in [-0.15, -0.1) is 0 Å². The van der Waals surface area contributed by atoms with Gasteiger partial charge < -0.3 is 15.5 Å². The minimum atomic E-state index is -0.344. The number of nitrogens with two attached hydrogens (primary N) is 1. The van der Waals surface area contributed by atoms with Gasteiger partial charge in [-0.25, -0.2) is 4.79 Å². The van der Waals surface area contributed by atoms with Crippen LogP contribution in [0.4, 0.5) is 0 Å². The van der Waals surface area contributed by atoms with Crippen LogP contribution in [0.25, 0.3) is 11.1 Å². The first kappa shape index (κ1) is 13.8. The van der Waals surface area contributed by atoms with Crippen LogP contribution in [0.2, 0.25) is 0 Å². The predicted octanol–water partition coefficient (Wildman–Crippen LogP) is 1.38. The van der Waals surface area contributed by atoms with Crippen LogP contribution in [0.1, 0.15) is 24.9 Å². The maximum absolute atomic E-state index is 11.5. The molecule has 0 aliphatic rings. The molecule has 5 nitrogen and oxygen atoms in total. The Hall–Kier alpha value is -1.59. The fourth-order valence-corrected chi connectivity index (χ4v) is 2.41. The van der Waals surface area contributed by atoms with Crippen molar-refractivity contribution in [3.05, 3.63) is 34.3 Å². The van der Waals surface area contributed by atoms with Crippen molar-refractivity contribution in [2.75, 3.05) is 13.6 Å². The molecule has 3 N–H and O–H groups in total. The molecule has 0 radical (unpaired) electrons. The maximum Gasteiger partial charge on any atom is 0.419 e. The summed E-state index contributed by atoms with van der Waals surface area (Å²) in [4.78, 5) is 11.5. The van der Waals surface area contributed by atoms with E-state index in [4.69, 9.17) is 10.2 Å². The van der Waals surface area contributed by atoms with Crippen LogP contribution >= 0.6 is 0 Å². The molecular weight excluding hydrogens is 242 g/mol. The summed E-state index contributed by atoms with van der Waals surface area (Å²) >= 11 is 0. The molecule has 1 aromatic carbocycles. The second-order valence-electron chi connectivity index (χ2n) is 4.91. The van der Waals surface area contributed by atoms with Crippen molar-refractivity contribution < 1.29 is 4.42 Å². The predicted molar refractivity (Wildman–Crippen MR) is 76.1 cm³/mol. The van der Waals surface area contributed by atoms with E-state index in [0.717, 1.165) is 24.0 Å². The van der Waals surface area contributed by atoms with Gasteiger partial charge >= 0.3 is 5.76 Å². The van der Waals surface area contributed by atoms with Gasteiger partial charge in [-0.2, -0.15) is 0 Å². The summed E-state index contributed by atoms with van der Waals surface area (Å²) in [5.41, 5.74) is 8.75. The molecule has 0 bridgehead atoms. The average molecular weight is 263 g/mol. The minimum Gasteiger partial charge on any atom is -0.408 e. The van der Waals surface area contributed by atoms with Crippen molar-refractivity contribution in [2.45, 2.75) is 19.4 Å². The highest BCUT2D eigenvalue weighted by molar-refractivity contribution is 5.73. The fourth-order valence-electron chi connectivity index (χ4n) is 2.41. The molecule has 19 heavy (non-hydrogen) atoms. The molecule has 0 fully saturated rings. The lowest BCUT2D eigenvalue weighted by Crippen LogP contribution is -2.29. The number of nitrogens with one attached hydrogen (secondary N) is 1. The number of benzene rings is 1. The van der Waals surface area contributed by atoms with E-state index in [0.29, 0.717) is 11.5 Å². The number of hydrogen-bond donors (Lipinski definition) is 2. The normalized spacial score (nSPS) is 14.7. The molecule has 0 saturated carbocycles. The van der Waals surface area contributed by atoms with E-state index in [-0.39, 0.29) is 11.8 Å². The van der Waals surface area contributed by atoms with E-state index in [9.17, 15) is 4.79 Å². The Bertz CT molecular complexity index is 615. The lowest BCUT2D eigenvalue weighted by atomic mass is 9.91. The quantitative estimate of drug-likeness (QED) is 0.854. The first-order chi connectivity index (χ1) is 9.08. The highest BCUT2D eigenvalue weighted by Gasteiger charge is 2.18. The van der Waals surface area contributed by atoms with Crippen LogP contribution in [0, 0.1) is 5.92 Å². The van der Waals surface area contributed by atoms with Crippen LogP contribution < -0.4 is 16.8 Å². The first-order valence-electron chi connectivity index (χ1n) is 6.58. The number of aryl methyl sites for hydroxylation is 1. The van der Waals surface area contributed by atoms with Crippen LogP contribution in [-0.4, -0.2) is 18.2 Å². The third kappa shape index (κ3) is 2.57. The summed E-state index contributed by atoms with van der Waals surface area (Å²) in [5.74, 6) is 0.0226. The van der Waals surface area contributed by atoms with Gasteiger partial charge in [0, 0.05) is 13.1 Å². The zero-order valence-electron chi connectivity index (χ0n) is 11.6. The van der Waals surface area contributed by atoms with E-state index in [1.165, 1.54) is 4.57 Å². The van der Waals surface area contributed by atoms with Gasteiger partial charge in [0.15, 0.2) is 5.58 Å². The number of nitrogens with zero attached hydrogens (tertiary/aromatic N) is 1. The number of oxazole rings is 1. The Morgan fingerprint density at radius 3 is 2.84 bits per heavy atom. The second-order valence-corrected chi connectivity index (χ2v) is 4.91. The Kier molecular flexibility index (Phi) is 4.07. The monoisotopic (exact) mass is 263 g/mol. The lowest BCUT2D eigenvalue weighted by Gasteiger charge is -2.22. The van der Waals surface area contributed by atoms with Crippen LogP contribution in [0.3, 0.4) is 0 Å². The van der Waals surface area contributed by atoms with E-state index in [2.05, 4.69) is 12.2 Å². The highest BCUT2D eigenvalue weighted by Crippen LogP contribution is 2.24. The number of aromatic nitrogens is 1. The van der Waals surface area contributed by atoms with Crippen molar-refractivity contribution in [1.29, 1.82) is 0 Å². The van der Waals surface area contributed by atoms with Crippen molar-refractivity contribution in [3.63, 3.8) is 0 Å². The summed E-state index contributed by atoms with van der Waals surface area (Å²) in [5, 5.41) is 3.17. The summed E-state index contributed by atoms with van der Waals surface area (Å²) < 4.78 is 6.63. The number of rotatable bonds is 5. The summed E-state index contributed by atoms with van der Waals surface area (Å²) in [6.07, 6.45) is 1.00. The standard InChI is InChI=1S/C14H21N3O2/c1-4-9(8-16-2)13(15)10-5-6-12-11(7-10)17(3)14(18)19-12/h5-7,9,13,16H,4,8,15H2,1-3H3. The highest BCUT2D eigenvalue weighted by atomic mass is 16.4. The zero-order chi connectivity index (χ0) is 14.0. The summed E-state index contributed by atoms with van der Waals surface area (Å²) in [6.45, 7) is 3.01. The smallest absolute Gasteiger partial charge is 0.408 e. The Morgan fingerprint density at radius 2 is 2.21 bits per heavy atom. The van der Waals surface area contributed by atoms with Gasteiger partial charge in [0.25, 0.3) is 0 Å². The van der Waals surface area contributed by atoms with Crippen LogP contribution in [0.5, 0.6) is 0 Å². The van der Waals surface area contributed by atoms with Crippen LogP contribution in [-0.2, 0) is 7.05 Å². The molecule has 104 valence electrons. The lowest BCUT2D eigenvalue weighted by molar-refractivity contribution is 0.403. The Balaban J connectivity index is 2.39. The van der Waals surface area contributed by atoms with Gasteiger partial charge in [0.2, 0.25) is 0 Å².